The lowest BCUT2D eigenvalue weighted by Gasteiger charge is -2.19. The molecule has 0 spiro atoms. The molecule has 0 saturated carbocycles. The predicted molar refractivity (Wildman–Crippen MR) is 82.2 cm³/mol. The Labute approximate surface area is 123 Å². The molecule has 2 aromatic heterocycles. The number of nitrogens with one attached hydrogen (secondary N) is 3. The van der Waals surface area contributed by atoms with Crippen LogP contribution in [0.4, 0.5) is 11.8 Å². The van der Waals surface area contributed by atoms with Crippen molar-refractivity contribution in [2.75, 3.05) is 31.3 Å². The van der Waals surface area contributed by atoms with E-state index in [-0.39, 0.29) is 11.9 Å². The maximum Gasteiger partial charge on any atom is 0.244 e. The van der Waals surface area contributed by atoms with Crippen LogP contribution in [0.25, 0.3) is 11.2 Å². The van der Waals surface area contributed by atoms with E-state index in [0.717, 1.165) is 13.0 Å². The number of carbonyl (C=O) groups excluding carboxylic acids is 1. The molecule has 1 atom stereocenters. The number of likely N-dealkylation sites (N-methyl/N-ethyl adjacent to an activating group) is 1. The summed E-state index contributed by atoms with van der Waals surface area (Å²) in [4.78, 5) is 29.4. The Bertz CT molecular complexity index is 622. The van der Waals surface area contributed by atoms with Crippen LogP contribution in [0.1, 0.15) is 20.3 Å². The fraction of sp³-hybridized carbons (Fsp3) is 0.538. The molecule has 0 aliphatic heterocycles. The van der Waals surface area contributed by atoms with Gasteiger partial charge in [0.15, 0.2) is 11.5 Å². The summed E-state index contributed by atoms with van der Waals surface area (Å²) in [6.45, 7) is 4.64. The predicted octanol–water partition coefficient (Wildman–Crippen LogP) is 1.06. The van der Waals surface area contributed by atoms with Crippen molar-refractivity contribution >= 4 is 28.8 Å². The highest BCUT2D eigenvalue weighted by Gasteiger charge is 2.18. The van der Waals surface area contributed by atoms with Gasteiger partial charge in [0.1, 0.15) is 11.6 Å². The third kappa shape index (κ3) is 3.39. The Kier molecular flexibility index (Phi) is 4.56. The van der Waals surface area contributed by atoms with Gasteiger partial charge >= 0.3 is 0 Å². The van der Waals surface area contributed by atoms with E-state index in [1.165, 1.54) is 0 Å². The Morgan fingerprint density at radius 3 is 2.86 bits per heavy atom. The second-order valence-electron chi connectivity index (χ2n) is 5.02. The summed E-state index contributed by atoms with van der Waals surface area (Å²) < 4.78 is 0. The molecular formula is C13H21N7O. The highest BCUT2D eigenvalue weighted by molar-refractivity contribution is 5.88. The van der Waals surface area contributed by atoms with Crippen LogP contribution in [0.2, 0.25) is 0 Å². The van der Waals surface area contributed by atoms with E-state index in [2.05, 4.69) is 37.5 Å². The number of fused-ring (bicyclic) bond motifs is 1. The summed E-state index contributed by atoms with van der Waals surface area (Å²) in [7, 11) is 3.45. The molecule has 0 aliphatic rings. The monoisotopic (exact) mass is 291 g/mol. The number of rotatable bonds is 6. The van der Waals surface area contributed by atoms with Crippen molar-refractivity contribution in [3.8, 4) is 0 Å². The van der Waals surface area contributed by atoms with E-state index in [4.69, 9.17) is 0 Å². The molecule has 2 rings (SSSR count). The molecular weight excluding hydrogens is 270 g/mol. The third-order valence-corrected chi connectivity index (χ3v) is 2.98. The zero-order valence-electron chi connectivity index (χ0n) is 12.8. The number of H-pyrrole nitrogens is 1. The van der Waals surface area contributed by atoms with Crippen molar-refractivity contribution in [2.45, 2.75) is 26.3 Å². The average molecular weight is 291 g/mol. The number of imidazole rings is 1. The van der Waals surface area contributed by atoms with Gasteiger partial charge in [0, 0.05) is 20.6 Å². The molecule has 2 aromatic rings. The van der Waals surface area contributed by atoms with Gasteiger partial charge in [-0.3, -0.25) is 4.79 Å². The first-order valence-electron chi connectivity index (χ1n) is 6.95. The molecule has 8 heteroatoms. The molecule has 0 saturated heterocycles. The molecule has 1 unspecified atom stereocenters. The largest absolute Gasteiger partial charge is 0.357 e. The number of anilines is 2. The minimum atomic E-state index is -0.388. The quantitative estimate of drug-likeness (QED) is 0.736. The highest BCUT2D eigenvalue weighted by atomic mass is 16.2. The van der Waals surface area contributed by atoms with E-state index in [1.807, 2.05) is 0 Å². The first kappa shape index (κ1) is 15.0. The third-order valence-electron chi connectivity index (χ3n) is 2.98. The van der Waals surface area contributed by atoms with Crippen LogP contribution >= 0.6 is 0 Å². The fourth-order valence-electron chi connectivity index (χ4n) is 1.91. The smallest absolute Gasteiger partial charge is 0.244 e. The van der Waals surface area contributed by atoms with Gasteiger partial charge in [-0.05, 0) is 13.3 Å². The number of carbonyl (C=O) groups is 1. The first-order valence-corrected chi connectivity index (χ1v) is 6.95. The number of amides is 1. The lowest BCUT2D eigenvalue weighted by atomic mass is 10.3. The molecule has 0 aliphatic carbocycles. The summed E-state index contributed by atoms with van der Waals surface area (Å²) in [5.41, 5.74) is 1.26. The van der Waals surface area contributed by atoms with E-state index in [1.54, 1.807) is 32.2 Å². The SMILES string of the molecule is CCCNc1nc(NC(C)C(=O)N(C)C)c2[nH]cnc2n1. The van der Waals surface area contributed by atoms with Crippen molar-refractivity contribution in [1.29, 1.82) is 0 Å². The minimum absolute atomic E-state index is 0.0238. The molecule has 0 bridgehead atoms. The summed E-state index contributed by atoms with van der Waals surface area (Å²) in [5, 5.41) is 6.25. The lowest BCUT2D eigenvalue weighted by molar-refractivity contribution is -0.129. The number of aromatic amines is 1. The zero-order valence-corrected chi connectivity index (χ0v) is 12.8. The lowest BCUT2D eigenvalue weighted by Crippen LogP contribution is -2.37. The van der Waals surface area contributed by atoms with Crippen LogP contribution in [0, 0.1) is 0 Å². The van der Waals surface area contributed by atoms with Crippen molar-refractivity contribution in [1.82, 2.24) is 24.8 Å². The Morgan fingerprint density at radius 1 is 1.43 bits per heavy atom. The first-order chi connectivity index (χ1) is 10.0. The highest BCUT2D eigenvalue weighted by Crippen LogP contribution is 2.19. The van der Waals surface area contributed by atoms with Crippen LogP contribution in [0.3, 0.4) is 0 Å². The van der Waals surface area contributed by atoms with E-state index < -0.39 is 0 Å². The average Bonchev–Trinajstić information content (AvgIpc) is 2.92. The normalized spacial score (nSPS) is 12.2. The Balaban J connectivity index is 2.28. The van der Waals surface area contributed by atoms with E-state index >= 15 is 0 Å². The standard InChI is InChI=1S/C13H21N7O/c1-5-6-14-13-18-10-9(15-7-16-10)11(19-13)17-8(2)12(21)20(3)4/h7-8H,5-6H2,1-4H3,(H3,14,15,16,17,18,19). The van der Waals surface area contributed by atoms with E-state index in [9.17, 15) is 4.79 Å². The Morgan fingerprint density at radius 2 is 2.19 bits per heavy atom. The number of nitrogens with zero attached hydrogens (tertiary/aromatic N) is 4. The molecule has 1 amide bonds. The number of hydrogen-bond acceptors (Lipinski definition) is 6. The van der Waals surface area contributed by atoms with Gasteiger partial charge in [-0.15, -0.1) is 0 Å². The fourth-order valence-corrected chi connectivity index (χ4v) is 1.91. The molecule has 0 fully saturated rings. The molecule has 8 nitrogen and oxygen atoms in total. The van der Waals surface area contributed by atoms with Gasteiger partial charge in [-0.25, -0.2) is 4.98 Å². The second-order valence-corrected chi connectivity index (χ2v) is 5.02. The summed E-state index contributed by atoms with van der Waals surface area (Å²) >= 11 is 0. The molecule has 3 N–H and O–H groups in total. The zero-order chi connectivity index (χ0) is 15.4. The molecule has 2 heterocycles. The van der Waals surface area contributed by atoms with Gasteiger partial charge in [0.25, 0.3) is 0 Å². The maximum atomic E-state index is 12.0. The van der Waals surface area contributed by atoms with Crippen molar-refractivity contribution in [2.24, 2.45) is 0 Å². The van der Waals surface area contributed by atoms with Gasteiger partial charge in [0.2, 0.25) is 11.9 Å². The van der Waals surface area contributed by atoms with Gasteiger partial charge < -0.3 is 20.5 Å². The maximum absolute atomic E-state index is 12.0. The molecule has 21 heavy (non-hydrogen) atoms. The summed E-state index contributed by atoms with van der Waals surface area (Å²) in [6.07, 6.45) is 2.53. The van der Waals surface area contributed by atoms with E-state index in [0.29, 0.717) is 22.9 Å². The topological polar surface area (TPSA) is 98.8 Å². The van der Waals surface area contributed by atoms with Crippen LogP contribution in [0.15, 0.2) is 6.33 Å². The van der Waals surface area contributed by atoms with Crippen molar-refractivity contribution in [3.05, 3.63) is 6.33 Å². The minimum Gasteiger partial charge on any atom is -0.357 e. The molecule has 0 radical (unpaired) electrons. The van der Waals surface area contributed by atoms with Crippen LogP contribution in [-0.4, -0.2) is 57.4 Å². The number of aromatic nitrogens is 4. The van der Waals surface area contributed by atoms with Crippen LogP contribution in [0.5, 0.6) is 0 Å². The van der Waals surface area contributed by atoms with Crippen LogP contribution < -0.4 is 10.6 Å². The molecule has 114 valence electrons. The summed E-state index contributed by atoms with van der Waals surface area (Å²) in [5.74, 6) is 1.05. The Hall–Kier alpha value is -2.38. The second kappa shape index (κ2) is 6.38. The van der Waals surface area contributed by atoms with Gasteiger partial charge in [-0.2, -0.15) is 9.97 Å². The van der Waals surface area contributed by atoms with Gasteiger partial charge in [0.05, 0.1) is 6.33 Å². The number of hydrogen-bond donors (Lipinski definition) is 3. The summed E-state index contributed by atoms with van der Waals surface area (Å²) in [6, 6.07) is -0.388. The van der Waals surface area contributed by atoms with Crippen molar-refractivity contribution < 1.29 is 4.79 Å². The molecule has 0 aromatic carbocycles. The van der Waals surface area contributed by atoms with Gasteiger partial charge in [-0.1, -0.05) is 6.92 Å². The van der Waals surface area contributed by atoms with Crippen molar-refractivity contribution in [3.63, 3.8) is 0 Å². The van der Waals surface area contributed by atoms with Crippen LogP contribution in [-0.2, 0) is 4.79 Å².